The van der Waals surface area contributed by atoms with Gasteiger partial charge in [-0.25, -0.2) is 0 Å². The lowest BCUT2D eigenvalue weighted by Gasteiger charge is -2.20. The van der Waals surface area contributed by atoms with Crippen LogP contribution in [0.5, 0.6) is 0 Å². The van der Waals surface area contributed by atoms with Crippen molar-refractivity contribution in [3.8, 4) is 0 Å². The summed E-state index contributed by atoms with van der Waals surface area (Å²) in [5, 5.41) is 2.91. The summed E-state index contributed by atoms with van der Waals surface area (Å²) in [7, 11) is 0. The first kappa shape index (κ1) is 14.2. The normalized spacial score (nSPS) is 16.0. The smallest absolute Gasteiger partial charge is 0.227 e. The van der Waals surface area contributed by atoms with Crippen molar-refractivity contribution in [2.24, 2.45) is 5.92 Å². The molecule has 0 spiro atoms. The van der Waals surface area contributed by atoms with Crippen molar-refractivity contribution < 1.29 is 4.79 Å². The van der Waals surface area contributed by atoms with Crippen molar-refractivity contribution in [2.75, 3.05) is 22.6 Å². The summed E-state index contributed by atoms with van der Waals surface area (Å²) in [5.41, 5.74) is 7.13. The Bertz CT molecular complexity index is 381. The van der Waals surface area contributed by atoms with Gasteiger partial charge in [0.2, 0.25) is 5.91 Å². The molecule has 1 saturated heterocycles. The van der Waals surface area contributed by atoms with E-state index in [1.54, 1.807) is 6.07 Å². The summed E-state index contributed by atoms with van der Waals surface area (Å²) in [6, 6.07) is 7.38. The number of halogens is 1. The molecule has 3 nitrogen and oxygen atoms in total. The molecule has 2 rings (SSSR count). The Labute approximate surface area is 112 Å². The van der Waals surface area contributed by atoms with Crippen LogP contribution in [0.2, 0.25) is 0 Å². The maximum Gasteiger partial charge on any atom is 0.227 e. The van der Waals surface area contributed by atoms with E-state index in [2.05, 4.69) is 5.32 Å². The third kappa shape index (κ3) is 3.82. The van der Waals surface area contributed by atoms with Gasteiger partial charge >= 0.3 is 0 Å². The van der Waals surface area contributed by atoms with Crippen molar-refractivity contribution in [1.29, 1.82) is 0 Å². The molecule has 1 aromatic carbocycles. The number of nitrogen functional groups attached to an aromatic ring is 1. The molecule has 0 unspecified atom stereocenters. The Morgan fingerprint density at radius 2 is 1.94 bits per heavy atom. The predicted octanol–water partition coefficient (Wildman–Crippen LogP) is 2.77. The van der Waals surface area contributed by atoms with Crippen LogP contribution >= 0.6 is 24.2 Å². The molecule has 1 amide bonds. The number of nitrogens with two attached hydrogens (primary N) is 1. The lowest BCUT2D eigenvalue weighted by atomic mass is 10.0. The standard InChI is InChI=1S/C12H16N2OS.ClH/c13-10-3-1-2-4-11(10)14-12(15)9-5-7-16-8-6-9;/h1-4,9H,5-8,13H2,(H,14,15);1H. The predicted molar refractivity (Wildman–Crippen MR) is 76.8 cm³/mol. The number of amides is 1. The van der Waals surface area contributed by atoms with E-state index in [1.165, 1.54) is 0 Å². The van der Waals surface area contributed by atoms with E-state index >= 15 is 0 Å². The Kier molecular flexibility index (Phi) is 5.65. The van der Waals surface area contributed by atoms with Gasteiger partial charge in [-0.3, -0.25) is 4.79 Å². The molecular weight excluding hydrogens is 256 g/mol. The number of thioether (sulfide) groups is 1. The fourth-order valence-electron chi connectivity index (χ4n) is 1.81. The zero-order valence-electron chi connectivity index (χ0n) is 9.52. The first-order chi connectivity index (χ1) is 7.77. The van der Waals surface area contributed by atoms with Crippen LogP contribution in [-0.2, 0) is 4.79 Å². The summed E-state index contributed by atoms with van der Waals surface area (Å²) >= 11 is 1.92. The largest absolute Gasteiger partial charge is 0.397 e. The molecule has 5 heteroatoms. The number of benzene rings is 1. The number of nitrogens with one attached hydrogen (secondary N) is 1. The number of hydrogen-bond donors (Lipinski definition) is 2. The molecule has 1 aliphatic heterocycles. The highest BCUT2D eigenvalue weighted by Gasteiger charge is 2.21. The number of carbonyl (C=O) groups excluding carboxylic acids is 1. The highest BCUT2D eigenvalue weighted by molar-refractivity contribution is 7.99. The Hall–Kier alpha value is -0.870. The molecule has 0 bridgehead atoms. The zero-order valence-corrected chi connectivity index (χ0v) is 11.2. The van der Waals surface area contributed by atoms with Gasteiger partial charge < -0.3 is 11.1 Å². The first-order valence-corrected chi connectivity index (χ1v) is 6.66. The van der Waals surface area contributed by atoms with Crippen LogP contribution in [-0.4, -0.2) is 17.4 Å². The quantitative estimate of drug-likeness (QED) is 0.814. The second-order valence-electron chi connectivity index (χ2n) is 3.96. The van der Waals surface area contributed by atoms with Crippen LogP contribution in [0.15, 0.2) is 24.3 Å². The monoisotopic (exact) mass is 272 g/mol. The molecule has 17 heavy (non-hydrogen) atoms. The molecule has 0 atom stereocenters. The molecule has 94 valence electrons. The van der Waals surface area contributed by atoms with Crippen LogP contribution in [0.4, 0.5) is 11.4 Å². The molecule has 1 aromatic rings. The number of para-hydroxylation sites is 2. The van der Waals surface area contributed by atoms with Gasteiger partial charge in [-0.15, -0.1) is 12.4 Å². The third-order valence-electron chi connectivity index (χ3n) is 2.81. The molecule has 0 saturated carbocycles. The summed E-state index contributed by atoms with van der Waals surface area (Å²) in [6.07, 6.45) is 1.95. The topological polar surface area (TPSA) is 55.1 Å². The molecule has 1 aliphatic rings. The zero-order chi connectivity index (χ0) is 11.4. The second-order valence-corrected chi connectivity index (χ2v) is 5.19. The minimum absolute atomic E-state index is 0. The minimum atomic E-state index is 0. The maximum atomic E-state index is 11.9. The summed E-state index contributed by atoms with van der Waals surface area (Å²) in [6.45, 7) is 0. The van der Waals surface area contributed by atoms with Gasteiger partial charge in [-0.2, -0.15) is 11.8 Å². The fraction of sp³-hybridized carbons (Fsp3) is 0.417. The molecule has 1 fully saturated rings. The lowest BCUT2D eigenvalue weighted by Crippen LogP contribution is -2.26. The molecule has 0 aliphatic carbocycles. The van der Waals surface area contributed by atoms with Crippen molar-refractivity contribution >= 4 is 41.5 Å². The fourth-order valence-corrected chi connectivity index (χ4v) is 2.91. The van der Waals surface area contributed by atoms with Crippen LogP contribution in [0, 0.1) is 5.92 Å². The van der Waals surface area contributed by atoms with Gasteiger partial charge in [0.1, 0.15) is 0 Å². The second kappa shape index (κ2) is 6.77. The van der Waals surface area contributed by atoms with Crippen LogP contribution in [0.1, 0.15) is 12.8 Å². The van der Waals surface area contributed by atoms with E-state index in [-0.39, 0.29) is 24.2 Å². The van der Waals surface area contributed by atoms with Gasteiger partial charge in [-0.1, -0.05) is 12.1 Å². The van der Waals surface area contributed by atoms with Crippen LogP contribution < -0.4 is 11.1 Å². The van der Waals surface area contributed by atoms with Gasteiger partial charge in [0, 0.05) is 5.92 Å². The van der Waals surface area contributed by atoms with E-state index in [0.29, 0.717) is 5.69 Å². The number of hydrogen-bond acceptors (Lipinski definition) is 3. The Morgan fingerprint density at radius 1 is 1.29 bits per heavy atom. The van der Waals surface area contributed by atoms with Crippen molar-refractivity contribution in [1.82, 2.24) is 0 Å². The van der Waals surface area contributed by atoms with Crippen molar-refractivity contribution in [3.63, 3.8) is 0 Å². The third-order valence-corrected chi connectivity index (χ3v) is 3.86. The van der Waals surface area contributed by atoms with Gasteiger partial charge in [0.15, 0.2) is 0 Å². The van der Waals surface area contributed by atoms with E-state index in [0.717, 1.165) is 30.0 Å². The van der Waals surface area contributed by atoms with Gasteiger partial charge in [-0.05, 0) is 36.5 Å². The SMILES string of the molecule is Cl.Nc1ccccc1NC(=O)C1CCSCC1. The molecule has 1 heterocycles. The first-order valence-electron chi connectivity index (χ1n) is 5.50. The summed E-state index contributed by atoms with van der Waals surface area (Å²) < 4.78 is 0. The molecule has 0 aromatic heterocycles. The highest BCUT2D eigenvalue weighted by Crippen LogP contribution is 2.25. The Morgan fingerprint density at radius 3 is 2.59 bits per heavy atom. The molecule has 3 N–H and O–H groups in total. The van der Waals surface area contributed by atoms with E-state index in [9.17, 15) is 4.79 Å². The van der Waals surface area contributed by atoms with E-state index in [4.69, 9.17) is 5.73 Å². The lowest BCUT2D eigenvalue weighted by molar-refractivity contribution is -0.120. The Balaban J connectivity index is 0.00000144. The van der Waals surface area contributed by atoms with Crippen molar-refractivity contribution in [3.05, 3.63) is 24.3 Å². The number of carbonyl (C=O) groups is 1. The summed E-state index contributed by atoms with van der Waals surface area (Å²) in [5.74, 6) is 2.43. The minimum Gasteiger partial charge on any atom is -0.397 e. The average Bonchev–Trinajstić information content (AvgIpc) is 2.33. The van der Waals surface area contributed by atoms with Gasteiger partial charge in [0.25, 0.3) is 0 Å². The van der Waals surface area contributed by atoms with Gasteiger partial charge in [0.05, 0.1) is 11.4 Å². The van der Waals surface area contributed by atoms with Crippen LogP contribution in [0.25, 0.3) is 0 Å². The highest BCUT2D eigenvalue weighted by atomic mass is 35.5. The summed E-state index contributed by atoms with van der Waals surface area (Å²) in [4.78, 5) is 11.9. The number of anilines is 2. The van der Waals surface area contributed by atoms with Crippen LogP contribution in [0.3, 0.4) is 0 Å². The average molecular weight is 273 g/mol. The van der Waals surface area contributed by atoms with E-state index in [1.807, 2.05) is 30.0 Å². The molecule has 0 radical (unpaired) electrons. The van der Waals surface area contributed by atoms with E-state index < -0.39 is 0 Å². The maximum absolute atomic E-state index is 11.9. The molecular formula is C12H17ClN2OS. The van der Waals surface area contributed by atoms with Crippen molar-refractivity contribution in [2.45, 2.75) is 12.8 Å². The number of rotatable bonds is 2.